The van der Waals surface area contributed by atoms with Crippen LogP contribution < -0.4 is 51.4 Å². The van der Waals surface area contributed by atoms with E-state index in [0.29, 0.717) is 0 Å². The van der Waals surface area contributed by atoms with Crippen LogP contribution in [0.2, 0.25) is 0 Å². The summed E-state index contributed by atoms with van der Waals surface area (Å²) in [4.78, 5) is 0. The molecule has 0 radical (unpaired) electrons. The SMILES string of the molecule is [Cl][Rh-]([Cl])([Cl])([Cl])([Cl])[Cl].[K+]. The molecule has 0 amide bonds. The average Bonchev–Trinajstić information content (AvgIpc) is 0.592. The van der Waals surface area contributed by atoms with Gasteiger partial charge >= 0.3 is 116 Å². The van der Waals surface area contributed by atoms with Gasteiger partial charge < -0.3 is 0 Å². The van der Waals surface area contributed by atoms with E-state index in [1.807, 2.05) is 0 Å². The number of hydrogen-bond acceptors (Lipinski definition) is 0. The number of rotatable bonds is 0. The molecular formula is Cl6KRh. The van der Waals surface area contributed by atoms with Gasteiger partial charge in [-0.05, 0) is 0 Å². The molecule has 0 aliphatic heterocycles. The van der Waals surface area contributed by atoms with Crippen molar-refractivity contribution in [2.24, 2.45) is 0 Å². The summed E-state index contributed by atoms with van der Waals surface area (Å²) in [5.74, 6) is 0. The predicted octanol–water partition coefficient (Wildman–Crippen LogP) is 1.14. The summed E-state index contributed by atoms with van der Waals surface area (Å²) in [5.41, 5.74) is 0. The smallest absolute Gasteiger partial charge is 1.00 e. The molecule has 8 heavy (non-hydrogen) atoms. The normalized spacial score (nSPS) is 20.2. The molecule has 0 unspecified atom stereocenters. The van der Waals surface area contributed by atoms with Crippen LogP contribution in [0.5, 0.6) is 0 Å². The van der Waals surface area contributed by atoms with E-state index in [-0.39, 0.29) is 51.4 Å². The van der Waals surface area contributed by atoms with Crippen LogP contribution in [-0.4, -0.2) is 0 Å². The molecule has 0 nitrogen and oxygen atoms in total. The minimum atomic E-state index is -5.15. The second-order valence-electron chi connectivity index (χ2n) is 0.714. The van der Waals surface area contributed by atoms with Crippen molar-refractivity contribution < 1.29 is 57.9 Å². The minimum Gasteiger partial charge on any atom is 1.00 e. The van der Waals surface area contributed by atoms with Crippen molar-refractivity contribution in [1.29, 1.82) is 0 Å². The van der Waals surface area contributed by atoms with Crippen LogP contribution in [-0.2, 0) is 6.48 Å². The second kappa shape index (κ2) is 3.05. The van der Waals surface area contributed by atoms with Gasteiger partial charge in [-0.25, -0.2) is 0 Å². The Balaban J connectivity index is 0. The first-order chi connectivity index (χ1) is 2.45. The van der Waals surface area contributed by atoms with Gasteiger partial charge in [-0.15, -0.1) is 0 Å². The molecule has 0 aromatic heterocycles. The number of halogens is 6. The maximum absolute atomic E-state index is 5.15. The molecule has 0 fully saturated rings. The Labute approximate surface area is 113 Å². The molecule has 0 bridgehead atoms. The molecule has 0 heterocycles. The second-order valence-corrected chi connectivity index (χ2v) is 38.0. The van der Waals surface area contributed by atoms with Crippen LogP contribution in [0.3, 0.4) is 0 Å². The van der Waals surface area contributed by atoms with E-state index in [0.717, 1.165) is 0 Å². The summed E-state index contributed by atoms with van der Waals surface area (Å²) >= 11 is 0. The van der Waals surface area contributed by atoms with Crippen LogP contribution in [0.25, 0.3) is 0 Å². The average molecular weight is 355 g/mol. The maximum Gasteiger partial charge on any atom is 1.00 e. The maximum atomic E-state index is 5.04. The van der Waals surface area contributed by atoms with Gasteiger partial charge in [-0.3, -0.25) is 0 Å². The monoisotopic (exact) mass is 352 g/mol. The molecule has 0 aliphatic carbocycles. The van der Waals surface area contributed by atoms with Crippen LogP contribution in [0, 0.1) is 0 Å². The summed E-state index contributed by atoms with van der Waals surface area (Å²) in [6.07, 6.45) is 0. The summed E-state index contributed by atoms with van der Waals surface area (Å²) in [6.45, 7) is -5.15. The molecule has 0 saturated heterocycles. The molecule has 0 aliphatic rings. The third-order valence-corrected chi connectivity index (χ3v) is 0. The van der Waals surface area contributed by atoms with Gasteiger partial charge in [0.25, 0.3) is 0 Å². The van der Waals surface area contributed by atoms with Crippen molar-refractivity contribution in [3.05, 3.63) is 0 Å². The predicted molar refractivity (Wildman–Crippen MR) is 35.1 cm³/mol. The first-order valence-corrected chi connectivity index (χ1v) is 13.4. The van der Waals surface area contributed by atoms with Crippen molar-refractivity contribution in [2.75, 3.05) is 0 Å². The van der Waals surface area contributed by atoms with Gasteiger partial charge in [0, 0.05) is 0 Å². The third-order valence-electron chi connectivity index (χ3n) is 0. The van der Waals surface area contributed by atoms with E-state index < -0.39 is 6.48 Å². The summed E-state index contributed by atoms with van der Waals surface area (Å²) in [6, 6.07) is 0. The van der Waals surface area contributed by atoms with Gasteiger partial charge in [0.2, 0.25) is 0 Å². The van der Waals surface area contributed by atoms with Gasteiger partial charge in [-0.1, -0.05) is 0 Å². The molecule has 52 valence electrons. The van der Waals surface area contributed by atoms with Crippen molar-refractivity contribution in [3.63, 3.8) is 0 Å². The zero-order chi connectivity index (χ0) is 6.41. The molecule has 0 saturated carbocycles. The Bertz CT molecular complexity index is 67.1. The van der Waals surface area contributed by atoms with E-state index in [1.165, 1.54) is 0 Å². The summed E-state index contributed by atoms with van der Waals surface area (Å²) in [5, 5.41) is 0. The molecule has 0 N–H and O–H groups in total. The number of hydrogen-bond donors (Lipinski definition) is 0. The molecule has 0 aromatic carbocycles. The fourth-order valence-corrected chi connectivity index (χ4v) is 0. The van der Waals surface area contributed by atoms with Crippen molar-refractivity contribution in [1.82, 2.24) is 0 Å². The first kappa shape index (κ1) is 14.5. The zero-order valence-corrected chi connectivity index (χ0v) is 12.9. The molecule has 0 aromatic rings. The van der Waals surface area contributed by atoms with Crippen LogP contribution in [0.15, 0.2) is 0 Å². The van der Waals surface area contributed by atoms with Crippen molar-refractivity contribution in [3.8, 4) is 0 Å². The summed E-state index contributed by atoms with van der Waals surface area (Å²) < 4.78 is 0. The van der Waals surface area contributed by atoms with E-state index in [2.05, 4.69) is 0 Å². The van der Waals surface area contributed by atoms with Crippen LogP contribution in [0.4, 0.5) is 0 Å². The molecule has 8 heteroatoms. The fraction of sp³-hybridized carbons (Fsp3) is 0. The minimum absolute atomic E-state index is 0. The van der Waals surface area contributed by atoms with Crippen LogP contribution in [0.1, 0.15) is 0 Å². The molecule has 0 rings (SSSR count). The quantitative estimate of drug-likeness (QED) is 0.572. The summed E-state index contributed by atoms with van der Waals surface area (Å²) in [7, 11) is 30.2. The van der Waals surface area contributed by atoms with Crippen molar-refractivity contribution in [2.45, 2.75) is 0 Å². The Morgan fingerprint density at radius 2 is 0.625 bits per heavy atom. The standard InChI is InChI=1S/6ClH.K.Rh/h6*1H;;/q;;;;;;+1;+5/p-6. The molecule has 0 spiro atoms. The third kappa shape index (κ3) is 50.6. The topological polar surface area (TPSA) is 0 Å². The van der Waals surface area contributed by atoms with E-state index in [9.17, 15) is 0 Å². The Kier molecular flexibility index (Phi) is 5.53. The van der Waals surface area contributed by atoms with E-state index in [4.69, 9.17) is 58.1 Å². The van der Waals surface area contributed by atoms with Gasteiger partial charge in [0.1, 0.15) is 0 Å². The molecule has 0 atom stereocenters. The Hall–Kier alpha value is 4.00. The van der Waals surface area contributed by atoms with E-state index in [1.54, 1.807) is 0 Å². The van der Waals surface area contributed by atoms with Crippen LogP contribution >= 0.6 is 58.1 Å². The Morgan fingerprint density at radius 3 is 0.625 bits per heavy atom. The molecular weight excluding hydrogens is 355 g/mol. The van der Waals surface area contributed by atoms with E-state index >= 15 is 0 Å². The fourth-order valence-electron chi connectivity index (χ4n) is 0. The van der Waals surface area contributed by atoms with Crippen molar-refractivity contribution >= 4 is 58.1 Å². The zero-order valence-electron chi connectivity index (χ0n) is 3.60. The first-order valence-electron chi connectivity index (χ1n) is 0.756. The van der Waals surface area contributed by atoms with Gasteiger partial charge in [0.15, 0.2) is 0 Å². The van der Waals surface area contributed by atoms with Gasteiger partial charge in [0.05, 0.1) is 0 Å². The Morgan fingerprint density at radius 1 is 0.625 bits per heavy atom. The largest absolute Gasteiger partial charge is 1.00 e. The van der Waals surface area contributed by atoms with Gasteiger partial charge in [-0.2, -0.15) is 0 Å².